The summed E-state index contributed by atoms with van der Waals surface area (Å²) in [4.78, 5) is 13.2. The SMILES string of the molecule is COC(=O)c1ccc(C2(C(C)N)CC2)s1. The van der Waals surface area contributed by atoms with Crippen LogP contribution in [-0.4, -0.2) is 19.1 Å². The van der Waals surface area contributed by atoms with Gasteiger partial charge < -0.3 is 10.5 Å². The first-order valence-corrected chi connectivity index (χ1v) is 5.86. The van der Waals surface area contributed by atoms with Crippen molar-refractivity contribution in [3.8, 4) is 0 Å². The lowest BCUT2D eigenvalue weighted by Gasteiger charge is -2.17. The summed E-state index contributed by atoms with van der Waals surface area (Å²) in [6.07, 6.45) is 2.26. The Kier molecular flexibility index (Phi) is 2.56. The zero-order chi connectivity index (χ0) is 11.1. The summed E-state index contributed by atoms with van der Waals surface area (Å²) in [6, 6.07) is 3.99. The number of esters is 1. The maximum absolute atomic E-state index is 11.3. The zero-order valence-corrected chi connectivity index (χ0v) is 9.76. The van der Waals surface area contributed by atoms with Crippen LogP contribution in [0.4, 0.5) is 0 Å². The lowest BCUT2D eigenvalue weighted by Crippen LogP contribution is -2.30. The third-order valence-corrected chi connectivity index (χ3v) is 4.43. The van der Waals surface area contributed by atoms with Crippen LogP contribution in [0.25, 0.3) is 0 Å². The summed E-state index contributed by atoms with van der Waals surface area (Å²) < 4.78 is 4.68. The van der Waals surface area contributed by atoms with Crippen molar-refractivity contribution in [1.29, 1.82) is 0 Å². The van der Waals surface area contributed by atoms with Gasteiger partial charge in [0, 0.05) is 16.3 Å². The minimum Gasteiger partial charge on any atom is -0.465 e. The highest BCUT2D eigenvalue weighted by Crippen LogP contribution is 2.52. The summed E-state index contributed by atoms with van der Waals surface area (Å²) in [5, 5.41) is 0. The minimum absolute atomic E-state index is 0.136. The molecule has 0 bridgehead atoms. The lowest BCUT2D eigenvalue weighted by atomic mass is 9.97. The van der Waals surface area contributed by atoms with E-state index < -0.39 is 0 Å². The molecule has 1 fully saturated rings. The van der Waals surface area contributed by atoms with Crippen LogP contribution < -0.4 is 5.73 Å². The van der Waals surface area contributed by atoms with Crippen LogP contribution in [0.3, 0.4) is 0 Å². The molecule has 0 saturated heterocycles. The Morgan fingerprint density at radius 1 is 1.60 bits per heavy atom. The molecule has 82 valence electrons. The molecule has 1 atom stereocenters. The van der Waals surface area contributed by atoms with Gasteiger partial charge >= 0.3 is 5.97 Å². The number of carbonyl (C=O) groups excluding carboxylic acids is 1. The van der Waals surface area contributed by atoms with Crippen molar-refractivity contribution in [3.63, 3.8) is 0 Å². The fourth-order valence-corrected chi connectivity index (χ4v) is 3.15. The molecule has 0 aliphatic heterocycles. The largest absolute Gasteiger partial charge is 0.465 e. The molecule has 0 amide bonds. The first kappa shape index (κ1) is 10.6. The van der Waals surface area contributed by atoms with Crippen molar-refractivity contribution >= 4 is 17.3 Å². The average Bonchev–Trinajstić information content (AvgIpc) is 2.90. The van der Waals surface area contributed by atoms with Crippen molar-refractivity contribution in [3.05, 3.63) is 21.9 Å². The molecular formula is C11H15NO2S. The van der Waals surface area contributed by atoms with Gasteiger partial charge in [0.25, 0.3) is 0 Å². The molecule has 2 N–H and O–H groups in total. The van der Waals surface area contributed by atoms with Gasteiger partial charge in [0.05, 0.1) is 7.11 Å². The molecule has 2 rings (SSSR count). The maximum Gasteiger partial charge on any atom is 0.348 e. The number of rotatable bonds is 3. The van der Waals surface area contributed by atoms with Gasteiger partial charge in [-0.1, -0.05) is 0 Å². The van der Waals surface area contributed by atoms with E-state index in [0.29, 0.717) is 4.88 Å². The number of ether oxygens (including phenoxy) is 1. The van der Waals surface area contributed by atoms with Crippen molar-refractivity contribution in [1.82, 2.24) is 0 Å². The number of carbonyl (C=O) groups is 1. The van der Waals surface area contributed by atoms with Gasteiger partial charge in [-0.3, -0.25) is 0 Å². The van der Waals surface area contributed by atoms with Crippen LogP contribution in [0.2, 0.25) is 0 Å². The second kappa shape index (κ2) is 3.61. The zero-order valence-electron chi connectivity index (χ0n) is 8.95. The van der Waals surface area contributed by atoms with Crippen LogP contribution in [0.1, 0.15) is 34.3 Å². The third kappa shape index (κ3) is 1.68. The molecule has 1 aliphatic rings. The van der Waals surface area contributed by atoms with Crippen molar-refractivity contribution in [2.24, 2.45) is 5.73 Å². The van der Waals surface area contributed by atoms with Gasteiger partial charge in [-0.15, -0.1) is 11.3 Å². The van der Waals surface area contributed by atoms with E-state index in [4.69, 9.17) is 5.73 Å². The number of thiophene rings is 1. The Balaban J connectivity index is 2.24. The molecule has 1 unspecified atom stereocenters. The van der Waals surface area contributed by atoms with Crippen LogP contribution in [0.5, 0.6) is 0 Å². The van der Waals surface area contributed by atoms with Crippen LogP contribution in [-0.2, 0) is 10.2 Å². The van der Waals surface area contributed by atoms with Gasteiger partial charge in [0.15, 0.2) is 0 Å². The van der Waals surface area contributed by atoms with E-state index in [1.165, 1.54) is 23.3 Å². The molecule has 4 heteroatoms. The van der Waals surface area contributed by atoms with Gasteiger partial charge in [-0.2, -0.15) is 0 Å². The number of hydrogen-bond acceptors (Lipinski definition) is 4. The van der Waals surface area contributed by atoms with Gasteiger partial charge in [0.2, 0.25) is 0 Å². The van der Waals surface area contributed by atoms with Gasteiger partial charge in [-0.25, -0.2) is 4.79 Å². The quantitative estimate of drug-likeness (QED) is 0.799. The Morgan fingerprint density at radius 3 is 2.73 bits per heavy atom. The molecule has 0 aromatic carbocycles. The fourth-order valence-electron chi connectivity index (χ4n) is 1.88. The van der Waals surface area contributed by atoms with Crippen molar-refractivity contribution < 1.29 is 9.53 Å². The second-order valence-corrected chi connectivity index (χ2v) is 5.18. The molecule has 0 spiro atoms. The molecule has 1 aromatic rings. The minimum atomic E-state index is -0.258. The molecule has 15 heavy (non-hydrogen) atoms. The topological polar surface area (TPSA) is 52.3 Å². The molecule has 1 heterocycles. The number of methoxy groups -OCH3 is 1. The van der Waals surface area contributed by atoms with E-state index in [1.54, 1.807) is 0 Å². The molecular weight excluding hydrogens is 210 g/mol. The van der Waals surface area contributed by atoms with Gasteiger partial charge in [0.1, 0.15) is 4.88 Å². The normalized spacial score (nSPS) is 19.7. The van der Waals surface area contributed by atoms with Crippen LogP contribution in [0, 0.1) is 0 Å². The molecule has 3 nitrogen and oxygen atoms in total. The van der Waals surface area contributed by atoms with E-state index in [9.17, 15) is 4.79 Å². The van der Waals surface area contributed by atoms with Gasteiger partial charge in [-0.05, 0) is 31.9 Å². The maximum atomic E-state index is 11.3. The number of hydrogen-bond donors (Lipinski definition) is 1. The second-order valence-electron chi connectivity index (χ2n) is 4.10. The molecule has 1 aromatic heterocycles. The predicted molar refractivity (Wildman–Crippen MR) is 60.2 cm³/mol. The van der Waals surface area contributed by atoms with E-state index in [0.717, 1.165) is 12.8 Å². The standard InChI is InChI=1S/C11H15NO2S/c1-7(12)11(5-6-11)9-4-3-8(15-9)10(13)14-2/h3-4,7H,5-6,12H2,1-2H3. The Bertz CT molecular complexity index is 380. The summed E-state index contributed by atoms with van der Waals surface area (Å²) in [5.74, 6) is -0.258. The number of nitrogens with two attached hydrogens (primary N) is 1. The summed E-state index contributed by atoms with van der Waals surface area (Å²) in [5.41, 5.74) is 6.11. The molecule has 0 radical (unpaired) electrons. The van der Waals surface area contributed by atoms with Crippen molar-refractivity contribution in [2.45, 2.75) is 31.2 Å². The van der Waals surface area contributed by atoms with E-state index >= 15 is 0 Å². The highest BCUT2D eigenvalue weighted by Gasteiger charge is 2.48. The van der Waals surface area contributed by atoms with Crippen LogP contribution >= 0.6 is 11.3 Å². The summed E-state index contributed by atoms with van der Waals surface area (Å²) >= 11 is 1.51. The summed E-state index contributed by atoms with van der Waals surface area (Å²) in [6.45, 7) is 2.03. The summed E-state index contributed by atoms with van der Waals surface area (Å²) in [7, 11) is 1.40. The average molecular weight is 225 g/mol. The first-order chi connectivity index (χ1) is 7.10. The van der Waals surface area contributed by atoms with E-state index in [2.05, 4.69) is 4.74 Å². The predicted octanol–water partition coefficient (Wildman–Crippen LogP) is 1.91. The molecule has 1 aliphatic carbocycles. The Labute approximate surface area is 93.2 Å². The smallest absolute Gasteiger partial charge is 0.348 e. The van der Waals surface area contributed by atoms with Crippen molar-refractivity contribution in [2.75, 3.05) is 7.11 Å². The highest BCUT2D eigenvalue weighted by atomic mass is 32.1. The first-order valence-electron chi connectivity index (χ1n) is 5.04. The molecule has 1 saturated carbocycles. The van der Waals surface area contributed by atoms with E-state index in [1.807, 2.05) is 19.1 Å². The Hall–Kier alpha value is -0.870. The lowest BCUT2D eigenvalue weighted by molar-refractivity contribution is 0.0606. The van der Waals surface area contributed by atoms with Crippen LogP contribution in [0.15, 0.2) is 12.1 Å². The Morgan fingerprint density at radius 2 is 2.27 bits per heavy atom. The third-order valence-electron chi connectivity index (χ3n) is 3.14. The monoisotopic (exact) mass is 225 g/mol. The van der Waals surface area contributed by atoms with E-state index in [-0.39, 0.29) is 17.4 Å². The highest BCUT2D eigenvalue weighted by molar-refractivity contribution is 7.14. The fraction of sp³-hybridized carbons (Fsp3) is 0.545.